The first kappa shape index (κ1) is 11.6. The fourth-order valence-corrected chi connectivity index (χ4v) is 2.10. The predicted octanol–water partition coefficient (Wildman–Crippen LogP) is 1.18. The van der Waals surface area contributed by atoms with Crippen LogP contribution in [0, 0.1) is 28.6 Å². The summed E-state index contributed by atoms with van der Waals surface area (Å²) in [6.45, 7) is 2.68. The Labute approximate surface area is 101 Å². The summed E-state index contributed by atoms with van der Waals surface area (Å²) < 4.78 is 1.97. The fraction of sp³-hybridized carbons (Fsp3) is 0.583. The quantitative estimate of drug-likeness (QED) is 0.760. The van der Waals surface area contributed by atoms with Crippen LogP contribution in [0.1, 0.15) is 18.9 Å². The van der Waals surface area contributed by atoms with Crippen molar-refractivity contribution in [2.24, 2.45) is 5.92 Å². The van der Waals surface area contributed by atoms with Crippen LogP contribution >= 0.6 is 0 Å². The molecule has 0 aromatic carbocycles. The van der Waals surface area contributed by atoms with Gasteiger partial charge < -0.3 is 0 Å². The summed E-state index contributed by atoms with van der Waals surface area (Å²) in [5.41, 5.74) is 0. The number of hydrogen-bond acceptors (Lipinski definition) is 4. The number of aromatic nitrogens is 2. The summed E-state index contributed by atoms with van der Waals surface area (Å²) in [5.74, 6) is -0.0202. The van der Waals surface area contributed by atoms with E-state index in [9.17, 15) is 0 Å². The van der Waals surface area contributed by atoms with Gasteiger partial charge in [0.2, 0.25) is 0 Å². The van der Waals surface area contributed by atoms with E-state index in [0.717, 1.165) is 19.6 Å². The van der Waals surface area contributed by atoms with Crippen LogP contribution in [-0.2, 0) is 0 Å². The maximum absolute atomic E-state index is 8.97. The molecule has 0 N–H and O–H groups in total. The first-order valence-electron chi connectivity index (χ1n) is 5.81. The van der Waals surface area contributed by atoms with E-state index in [1.165, 1.54) is 0 Å². The molecule has 2 heterocycles. The molecule has 1 unspecified atom stereocenters. The molecule has 17 heavy (non-hydrogen) atoms. The third-order valence-corrected chi connectivity index (χ3v) is 3.10. The standard InChI is InChI=1S/C12H15N5/c13-4-1-3-11(7-14)8-16-9-12(10-16)17-6-2-5-15-17/h2,5-6,11-12H,1,3,8-10H2. The van der Waals surface area contributed by atoms with Gasteiger partial charge in [0, 0.05) is 38.4 Å². The molecule has 1 aliphatic heterocycles. The van der Waals surface area contributed by atoms with Gasteiger partial charge >= 0.3 is 0 Å². The molecule has 5 nitrogen and oxygen atoms in total. The number of nitrogens with zero attached hydrogens (tertiary/aromatic N) is 5. The lowest BCUT2D eigenvalue weighted by atomic mass is 10.0. The van der Waals surface area contributed by atoms with Gasteiger partial charge in [-0.1, -0.05) is 0 Å². The highest BCUT2D eigenvalue weighted by atomic mass is 15.4. The van der Waals surface area contributed by atoms with Crippen LogP contribution in [0.25, 0.3) is 0 Å². The summed E-state index contributed by atoms with van der Waals surface area (Å²) in [7, 11) is 0. The van der Waals surface area contributed by atoms with Gasteiger partial charge in [-0.05, 0) is 12.5 Å². The summed E-state index contributed by atoms with van der Waals surface area (Å²) >= 11 is 0. The third-order valence-electron chi connectivity index (χ3n) is 3.10. The van der Waals surface area contributed by atoms with Crippen LogP contribution in [-0.4, -0.2) is 34.3 Å². The molecular formula is C12H15N5. The van der Waals surface area contributed by atoms with Crippen LogP contribution in [0.2, 0.25) is 0 Å². The summed E-state index contributed by atoms with van der Waals surface area (Å²) in [6.07, 6.45) is 4.90. The molecule has 1 aromatic rings. The van der Waals surface area contributed by atoms with E-state index in [0.29, 0.717) is 18.9 Å². The largest absolute Gasteiger partial charge is 0.298 e. The van der Waals surface area contributed by atoms with Crippen molar-refractivity contribution in [1.82, 2.24) is 14.7 Å². The number of hydrogen-bond donors (Lipinski definition) is 0. The second-order valence-electron chi connectivity index (χ2n) is 4.38. The van der Waals surface area contributed by atoms with Gasteiger partial charge in [-0.25, -0.2) is 0 Å². The number of likely N-dealkylation sites (tertiary alicyclic amines) is 1. The Morgan fingerprint density at radius 1 is 1.41 bits per heavy atom. The Balaban J connectivity index is 1.73. The summed E-state index contributed by atoms with van der Waals surface area (Å²) in [6, 6.07) is 6.73. The zero-order valence-electron chi connectivity index (χ0n) is 9.66. The van der Waals surface area contributed by atoms with E-state index in [4.69, 9.17) is 10.5 Å². The number of nitriles is 2. The van der Waals surface area contributed by atoms with Crippen molar-refractivity contribution < 1.29 is 0 Å². The van der Waals surface area contributed by atoms with Crippen LogP contribution in [0.4, 0.5) is 0 Å². The minimum atomic E-state index is -0.0202. The van der Waals surface area contributed by atoms with Gasteiger partial charge in [-0.2, -0.15) is 15.6 Å². The molecule has 0 amide bonds. The molecule has 1 aromatic heterocycles. The molecule has 1 fully saturated rings. The Hall–Kier alpha value is -1.85. The van der Waals surface area contributed by atoms with Crippen molar-refractivity contribution in [2.75, 3.05) is 19.6 Å². The molecule has 0 spiro atoms. The van der Waals surface area contributed by atoms with E-state index in [1.54, 1.807) is 6.20 Å². The summed E-state index contributed by atoms with van der Waals surface area (Å²) in [4.78, 5) is 2.25. The van der Waals surface area contributed by atoms with Crippen molar-refractivity contribution in [1.29, 1.82) is 10.5 Å². The minimum absolute atomic E-state index is 0.0202. The van der Waals surface area contributed by atoms with Crippen molar-refractivity contribution in [3.8, 4) is 12.1 Å². The van der Waals surface area contributed by atoms with E-state index in [-0.39, 0.29) is 5.92 Å². The molecule has 1 aliphatic rings. The second-order valence-corrected chi connectivity index (χ2v) is 4.38. The van der Waals surface area contributed by atoms with Crippen molar-refractivity contribution in [3.63, 3.8) is 0 Å². The maximum Gasteiger partial charge on any atom is 0.0772 e. The topological polar surface area (TPSA) is 68.6 Å². The molecule has 5 heteroatoms. The first-order chi connectivity index (χ1) is 8.33. The van der Waals surface area contributed by atoms with E-state index in [2.05, 4.69) is 22.1 Å². The zero-order valence-corrected chi connectivity index (χ0v) is 9.66. The first-order valence-corrected chi connectivity index (χ1v) is 5.81. The van der Waals surface area contributed by atoms with Crippen molar-refractivity contribution in [2.45, 2.75) is 18.9 Å². The third kappa shape index (κ3) is 2.83. The Bertz CT molecular complexity index is 419. The second kappa shape index (κ2) is 5.47. The van der Waals surface area contributed by atoms with Gasteiger partial charge in [-0.3, -0.25) is 9.58 Å². The van der Waals surface area contributed by atoms with E-state index in [1.807, 2.05) is 16.9 Å². The molecule has 1 atom stereocenters. The normalized spacial score (nSPS) is 18.0. The molecule has 0 radical (unpaired) electrons. The zero-order chi connectivity index (χ0) is 12.1. The fourth-order valence-electron chi connectivity index (χ4n) is 2.10. The van der Waals surface area contributed by atoms with Gasteiger partial charge in [0.1, 0.15) is 0 Å². The van der Waals surface area contributed by atoms with Crippen LogP contribution in [0.15, 0.2) is 18.5 Å². The summed E-state index contributed by atoms with van der Waals surface area (Å²) in [5, 5.41) is 21.7. The lowest BCUT2D eigenvalue weighted by Crippen LogP contribution is -2.49. The van der Waals surface area contributed by atoms with Crippen molar-refractivity contribution >= 4 is 0 Å². The molecule has 2 rings (SSSR count). The van der Waals surface area contributed by atoms with Crippen LogP contribution in [0.5, 0.6) is 0 Å². The Morgan fingerprint density at radius 3 is 2.82 bits per heavy atom. The highest BCUT2D eigenvalue weighted by molar-refractivity contribution is 4.94. The van der Waals surface area contributed by atoms with Crippen LogP contribution < -0.4 is 0 Å². The Morgan fingerprint density at radius 2 is 2.24 bits per heavy atom. The lowest BCUT2D eigenvalue weighted by molar-refractivity contribution is 0.0873. The van der Waals surface area contributed by atoms with Crippen LogP contribution in [0.3, 0.4) is 0 Å². The van der Waals surface area contributed by atoms with E-state index >= 15 is 0 Å². The molecule has 0 bridgehead atoms. The molecule has 1 saturated heterocycles. The lowest BCUT2D eigenvalue weighted by Gasteiger charge is -2.40. The average Bonchev–Trinajstić information content (AvgIpc) is 2.80. The predicted molar refractivity (Wildman–Crippen MR) is 61.7 cm³/mol. The van der Waals surface area contributed by atoms with Gasteiger partial charge in [0.05, 0.1) is 24.1 Å². The SMILES string of the molecule is N#CCCC(C#N)CN1CC(n2cccn2)C1. The average molecular weight is 229 g/mol. The molecule has 88 valence electrons. The highest BCUT2D eigenvalue weighted by Gasteiger charge is 2.29. The van der Waals surface area contributed by atoms with Gasteiger partial charge in [0.25, 0.3) is 0 Å². The smallest absolute Gasteiger partial charge is 0.0772 e. The highest BCUT2D eigenvalue weighted by Crippen LogP contribution is 2.22. The van der Waals surface area contributed by atoms with Gasteiger partial charge in [-0.15, -0.1) is 0 Å². The molecule has 0 aliphatic carbocycles. The molecular weight excluding hydrogens is 214 g/mol. The van der Waals surface area contributed by atoms with Crippen molar-refractivity contribution in [3.05, 3.63) is 18.5 Å². The van der Waals surface area contributed by atoms with E-state index < -0.39 is 0 Å². The number of rotatable bonds is 5. The minimum Gasteiger partial charge on any atom is -0.298 e. The maximum atomic E-state index is 8.97. The monoisotopic (exact) mass is 229 g/mol. The molecule has 0 saturated carbocycles. The Kier molecular flexibility index (Phi) is 3.74. The van der Waals surface area contributed by atoms with Gasteiger partial charge in [0.15, 0.2) is 0 Å².